The van der Waals surface area contributed by atoms with Gasteiger partial charge in [-0.15, -0.1) is 11.6 Å². The molecule has 0 heterocycles. The first kappa shape index (κ1) is 8.99. The topological polar surface area (TPSA) is 17.1 Å². The van der Waals surface area contributed by atoms with Gasteiger partial charge >= 0.3 is 0 Å². The zero-order chi connectivity index (χ0) is 7.28. The fourth-order valence-electron chi connectivity index (χ4n) is 0.414. The first-order valence-corrected chi connectivity index (χ1v) is 3.50. The third-order valence-electron chi connectivity index (χ3n) is 0.949. The molecule has 0 aromatic carbocycles. The molecule has 0 spiro atoms. The molecule has 9 heavy (non-hydrogen) atoms. The third-order valence-corrected chi connectivity index (χ3v) is 1.38. The van der Waals surface area contributed by atoms with Gasteiger partial charge in [0.1, 0.15) is 6.29 Å². The van der Waals surface area contributed by atoms with Crippen LogP contribution in [-0.4, -0.2) is 12.2 Å². The Balaban J connectivity index is 3.98. The molecule has 1 nitrogen and oxygen atoms in total. The Kier molecular flexibility index (Phi) is 4.83. The van der Waals surface area contributed by atoms with Crippen LogP contribution < -0.4 is 0 Å². The summed E-state index contributed by atoms with van der Waals surface area (Å²) in [6.07, 6.45) is 1.30. The smallest absolute Gasteiger partial charge is 0.147 e. The summed E-state index contributed by atoms with van der Waals surface area (Å²) in [7, 11) is 0. The van der Waals surface area contributed by atoms with Gasteiger partial charge in [0, 0.05) is 16.5 Å². The molecule has 0 radical (unpaired) electrons. The van der Waals surface area contributed by atoms with Gasteiger partial charge < -0.3 is 0 Å². The second-order valence-electron chi connectivity index (χ2n) is 1.62. The molecule has 0 bridgehead atoms. The van der Waals surface area contributed by atoms with Crippen LogP contribution in [0.1, 0.15) is 13.3 Å². The summed E-state index contributed by atoms with van der Waals surface area (Å²) in [4.78, 5) is 10.1. The van der Waals surface area contributed by atoms with E-state index in [-0.39, 0.29) is 0 Å². The molecular formula is C6H8Cl2O. The van der Waals surface area contributed by atoms with E-state index in [2.05, 4.69) is 0 Å². The third kappa shape index (κ3) is 3.55. The largest absolute Gasteiger partial charge is 0.298 e. The zero-order valence-corrected chi connectivity index (χ0v) is 6.67. The Morgan fingerprint density at radius 2 is 2.22 bits per heavy atom. The van der Waals surface area contributed by atoms with Gasteiger partial charge in [0.25, 0.3) is 0 Å². The highest BCUT2D eigenvalue weighted by Gasteiger charge is 1.96. The molecule has 0 aliphatic rings. The molecule has 0 aromatic heterocycles. The lowest BCUT2D eigenvalue weighted by atomic mass is 10.2. The lowest BCUT2D eigenvalue weighted by Gasteiger charge is -1.94. The van der Waals surface area contributed by atoms with Gasteiger partial charge in [0.15, 0.2) is 0 Å². The Bertz CT molecular complexity index is 125. The molecule has 0 aromatic rings. The van der Waals surface area contributed by atoms with Crippen molar-refractivity contribution >= 4 is 29.5 Å². The average molecular weight is 167 g/mol. The molecule has 0 fully saturated rings. The average Bonchev–Trinajstić information content (AvgIpc) is 1.82. The van der Waals surface area contributed by atoms with Crippen molar-refractivity contribution < 1.29 is 4.79 Å². The minimum atomic E-state index is 0.443. The van der Waals surface area contributed by atoms with E-state index in [1.54, 1.807) is 6.92 Å². The van der Waals surface area contributed by atoms with Crippen LogP contribution in [0, 0.1) is 0 Å². The first-order chi connectivity index (χ1) is 4.22. The van der Waals surface area contributed by atoms with Crippen LogP contribution in [0.25, 0.3) is 0 Å². The van der Waals surface area contributed by atoms with Crippen molar-refractivity contribution in [3.63, 3.8) is 0 Å². The Morgan fingerprint density at radius 1 is 1.67 bits per heavy atom. The number of hydrogen-bond acceptors (Lipinski definition) is 1. The highest BCUT2D eigenvalue weighted by atomic mass is 35.5. The fraction of sp³-hybridized carbons (Fsp3) is 0.500. The highest BCUT2D eigenvalue weighted by Crippen LogP contribution is 2.09. The van der Waals surface area contributed by atoms with E-state index in [1.807, 2.05) is 0 Å². The van der Waals surface area contributed by atoms with Gasteiger partial charge in [0.2, 0.25) is 0 Å². The fourth-order valence-corrected chi connectivity index (χ4v) is 0.757. The van der Waals surface area contributed by atoms with E-state index in [0.717, 1.165) is 6.29 Å². The van der Waals surface area contributed by atoms with E-state index in [9.17, 15) is 4.79 Å². The van der Waals surface area contributed by atoms with Crippen LogP contribution in [0.2, 0.25) is 0 Å². The molecule has 0 atom stereocenters. The van der Waals surface area contributed by atoms with Crippen LogP contribution in [-0.2, 0) is 4.79 Å². The van der Waals surface area contributed by atoms with Crippen LogP contribution in [0.4, 0.5) is 0 Å². The van der Waals surface area contributed by atoms with E-state index >= 15 is 0 Å². The molecular weight excluding hydrogens is 159 g/mol. The number of aldehydes is 1. The lowest BCUT2D eigenvalue weighted by molar-refractivity contribution is -0.105. The maximum atomic E-state index is 10.1. The molecule has 52 valence electrons. The quantitative estimate of drug-likeness (QED) is 0.358. The predicted molar refractivity (Wildman–Crippen MR) is 40.0 cm³/mol. The van der Waals surface area contributed by atoms with Crippen molar-refractivity contribution in [2.45, 2.75) is 13.3 Å². The molecule has 0 amide bonds. The van der Waals surface area contributed by atoms with E-state index in [4.69, 9.17) is 23.2 Å². The molecule has 0 aliphatic heterocycles. The summed E-state index contributed by atoms with van der Waals surface area (Å²) in [5, 5.41) is 0.533. The lowest BCUT2D eigenvalue weighted by Crippen LogP contribution is -1.87. The minimum absolute atomic E-state index is 0.443. The molecule has 3 heteroatoms. The summed E-state index contributed by atoms with van der Waals surface area (Å²) < 4.78 is 0. The number of carbonyl (C=O) groups is 1. The SMILES string of the molecule is C/C(Cl)=C(/C=O)CCCl. The summed E-state index contributed by atoms with van der Waals surface area (Å²) in [6, 6.07) is 0. The summed E-state index contributed by atoms with van der Waals surface area (Å²) in [5.74, 6) is 0.443. The van der Waals surface area contributed by atoms with Crippen molar-refractivity contribution in [1.82, 2.24) is 0 Å². The molecule has 0 N–H and O–H groups in total. The van der Waals surface area contributed by atoms with Gasteiger partial charge in [-0.1, -0.05) is 11.6 Å². The van der Waals surface area contributed by atoms with Gasteiger partial charge in [-0.3, -0.25) is 4.79 Å². The van der Waals surface area contributed by atoms with Gasteiger partial charge in [-0.25, -0.2) is 0 Å². The Labute approximate surface area is 64.6 Å². The number of rotatable bonds is 3. The number of allylic oxidation sites excluding steroid dienone is 2. The normalized spacial score (nSPS) is 12.8. The number of carbonyl (C=O) groups excluding carboxylic acids is 1. The second-order valence-corrected chi connectivity index (χ2v) is 2.56. The van der Waals surface area contributed by atoms with Gasteiger partial charge in [-0.2, -0.15) is 0 Å². The molecule has 0 aliphatic carbocycles. The predicted octanol–water partition coefficient (Wildman–Crippen LogP) is 2.33. The number of halogens is 2. The van der Waals surface area contributed by atoms with Gasteiger partial charge in [0.05, 0.1) is 0 Å². The standard InChI is InChI=1S/C6H8Cl2O/c1-5(8)6(4-9)2-3-7/h4H,2-3H2,1H3/b6-5-. The van der Waals surface area contributed by atoms with Crippen molar-refractivity contribution in [2.24, 2.45) is 0 Å². The van der Waals surface area contributed by atoms with Crippen molar-refractivity contribution in [3.05, 3.63) is 10.6 Å². The highest BCUT2D eigenvalue weighted by molar-refractivity contribution is 6.30. The number of hydrogen-bond donors (Lipinski definition) is 0. The Hall–Kier alpha value is -0.0100. The van der Waals surface area contributed by atoms with Crippen molar-refractivity contribution in [1.29, 1.82) is 0 Å². The second kappa shape index (κ2) is 4.83. The van der Waals surface area contributed by atoms with Crippen LogP contribution in [0.3, 0.4) is 0 Å². The molecule has 0 saturated heterocycles. The molecule has 0 rings (SSSR count). The summed E-state index contributed by atoms with van der Waals surface area (Å²) >= 11 is 10.9. The maximum absolute atomic E-state index is 10.1. The number of alkyl halides is 1. The van der Waals surface area contributed by atoms with Crippen LogP contribution >= 0.6 is 23.2 Å². The van der Waals surface area contributed by atoms with Crippen LogP contribution in [0.15, 0.2) is 10.6 Å². The van der Waals surface area contributed by atoms with E-state index in [0.29, 0.717) is 22.9 Å². The Morgan fingerprint density at radius 3 is 2.33 bits per heavy atom. The van der Waals surface area contributed by atoms with Crippen molar-refractivity contribution in [3.8, 4) is 0 Å². The summed E-state index contributed by atoms with van der Waals surface area (Å²) in [5.41, 5.74) is 0.590. The van der Waals surface area contributed by atoms with Crippen LogP contribution in [0.5, 0.6) is 0 Å². The van der Waals surface area contributed by atoms with Crippen molar-refractivity contribution in [2.75, 3.05) is 5.88 Å². The minimum Gasteiger partial charge on any atom is -0.298 e. The van der Waals surface area contributed by atoms with Gasteiger partial charge in [-0.05, 0) is 13.3 Å². The van der Waals surface area contributed by atoms with E-state index < -0.39 is 0 Å². The van der Waals surface area contributed by atoms with E-state index in [1.165, 1.54) is 0 Å². The molecule has 0 unspecified atom stereocenters. The first-order valence-electron chi connectivity index (χ1n) is 2.58. The maximum Gasteiger partial charge on any atom is 0.147 e. The monoisotopic (exact) mass is 166 g/mol. The summed E-state index contributed by atoms with van der Waals surface area (Å²) in [6.45, 7) is 1.68. The molecule has 0 saturated carbocycles. The zero-order valence-electron chi connectivity index (χ0n) is 5.16.